The number of aromatic nitrogens is 1. The van der Waals surface area contributed by atoms with E-state index < -0.39 is 11.7 Å². The molecule has 0 amide bonds. The summed E-state index contributed by atoms with van der Waals surface area (Å²) in [6.07, 6.45) is -2.66. The van der Waals surface area contributed by atoms with Gasteiger partial charge in [0.2, 0.25) is 0 Å². The largest absolute Gasteiger partial charge is 0.418 e. The molecule has 0 saturated heterocycles. The minimum Gasteiger partial charge on any atom is -0.347 e. The van der Waals surface area contributed by atoms with Crippen LogP contribution in [0.5, 0.6) is 0 Å². The maximum absolute atomic E-state index is 12.6. The van der Waals surface area contributed by atoms with Gasteiger partial charge in [0.25, 0.3) is 0 Å². The molecule has 0 aliphatic carbocycles. The summed E-state index contributed by atoms with van der Waals surface area (Å²) in [5.41, 5.74) is 6.14. The van der Waals surface area contributed by atoms with Crippen molar-refractivity contribution in [2.75, 3.05) is 0 Å². The lowest BCUT2D eigenvalue weighted by atomic mass is 10.1. The SMILES string of the molecule is CC.Cc1c(C(F)(F)F)cc2n1CCCC2N. The van der Waals surface area contributed by atoms with E-state index in [4.69, 9.17) is 5.73 Å². The second-order valence-corrected chi connectivity index (χ2v) is 3.97. The van der Waals surface area contributed by atoms with Crippen molar-refractivity contribution >= 4 is 0 Å². The van der Waals surface area contributed by atoms with Crippen LogP contribution in [0.4, 0.5) is 13.2 Å². The van der Waals surface area contributed by atoms with Crippen molar-refractivity contribution in [1.29, 1.82) is 0 Å². The topological polar surface area (TPSA) is 30.9 Å². The van der Waals surface area contributed by atoms with E-state index in [1.807, 2.05) is 13.8 Å². The first-order chi connectivity index (χ1) is 7.91. The average molecular weight is 248 g/mol. The third kappa shape index (κ3) is 2.65. The Balaban J connectivity index is 0.000000686. The van der Waals surface area contributed by atoms with E-state index in [2.05, 4.69) is 0 Å². The zero-order valence-electron chi connectivity index (χ0n) is 10.4. The normalized spacial score (nSPS) is 19.4. The van der Waals surface area contributed by atoms with Crippen LogP contribution in [0, 0.1) is 6.92 Å². The lowest BCUT2D eigenvalue weighted by molar-refractivity contribution is -0.138. The first-order valence-electron chi connectivity index (χ1n) is 5.94. The Kier molecular flexibility index (Phi) is 4.25. The van der Waals surface area contributed by atoms with Gasteiger partial charge in [0.05, 0.1) is 5.56 Å². The second kappa shape index (κ2) is 5.12. The first-order valence-corrected chi connectivity index (χ1v) is 5.94. The Bertz CT molecular complexity index is 380. The molecular formula is C12H19F3N2. The van der Waals surface area contributed by atoms with Gasteiger partial charge in [-0.3, -0.25) is 0 Å². The molecular weight excluding hydrogens is 229 g/mol. The van der Waals surface area contributed by atoms with E-state index in [-0.39, 0.29) is 11.7 Å². The molecule has 1 atom stereocenters. The molecule has 0 bridgehead atoms. The number of nitrogens with zero attached hydrogens (tertiary/aromatic N) is 1. The Labute approximate surface area is 99.6 Å². The van der Waals surface area contributed by atoms with Crippen molar-refractivity contribution in [3.8, 4) is 0 Å². The van der Waals surface area contributed by atoms with Gasteiger partial charge in [-0.15, -0.1) is 0 Å². The number of halogens is 3. The maximum Gasteiger partial charge on any atom is 0.418 e. The highest BCUT2D eigenvalue weighted by atomic mass is 19.4. The summed E-state index contributed by atoms with van der Waals surface area (Å²) >= 11 is 0. The van der Waals surface area contributed by atoms with Crippen LogP contribution < -0.4 is 5.73 Å². The lowest BCUT2D eigenvalue weighted by Gasteiger charge is -2.22. The van der Waals surface area contributed by atoms with E-state index in [9.17, 15) is 13.2 Å². The van der Waals surface area contributed by atoms with Crippen LogP contribution in [-0.2, 0) is 12.7 Å². The minimum atomic E-state index is -4.27. The quantitative estimate of drug-likeness (QED) is 0.746. The van der Waals surface area contributed by atoms with Gasteiger partial charge in [-0.25, -0.2) is 0 Å². The summed E-state index contributed by atoms with van der Waals surface area (Å²) < 4.78 is 39.5. The van der Waals surface area contributed by atoms with Crippen molar-refractivity contribution in [2.24, 2.45) is 5.73 Å². The lowest BCUT2D eigenvalue weighted by Crippen LogP contribution is -2.21. The van der Waals surface area contributed by atoms with Gasteiger partial charge in [0.15, 0.2) is 0 Å². The number of hydrogen-bond acceptors (Lipinski definition) is 1. The van der Waals surface area contributed by atoms with E-state index in [0.717, 1.165) is 12.8 Å². The van der Waals surface area contributed by atoms with Crippen LogP contribution in [0.3, 0.4) is 0 Å². The molecule has 2 heterocycles. The van der Waals surface area contributed by atoms with Crippen molar-refractivity contribution in [2.45, 2.75) is 52.4 Å². The molecule has 98 valence electrons. The second-order valence-electron chi connectivity index (χ2n) is 3.97. The Morgan fingerprint density at radius 2 is 1.94 bits per heavy atom. The van der Waals surface area contributed by atoms with Gasteiger partial charge in [-0.1, -0.05) is 13.8 Å². The van der Waals surface area contributed by atoms with E-state index in [0.29, 0.717) is 12.2 Å². The average Bonchev–Trinajstić information content (AvgIpc) is 2.61. The van der Waals surface area contributed by atoms with Gasteiger partial charge >= 0.3 is 6.18 Å². The van der Waals surface area contributed by atoms with Crippen LogP contribution in [-0.4, -0.2) is 4.57 Å². The summed E-state index contributed by atoms with van der Waals surface area (Å²) in [6, 6.07) is 0.938. The predicted molar refractivity (Wildman–Crippen MR) is 61.7 cm³/mol. The number of rotatable bonds is 0. The molecule has 2 rings (SSSR count). The van der Waals surface area contributed by atoms with Gasteiger partial charge in [-0.05, 0) is 25.8 Å². The molecule has 0 fully saturated rings. The molecule has 2 nitrogen and oxygen atoms in total. The predicted octanol–water partition coefficient (Wildman–Crippen LogP) is 3.64. The third-order valence-corrected chi connectivity index (χ3v) is 2.98. The molecule has 0 saturated carbocycles. The molecule has 1 aromatic rings. The molecule has 0 aromatic carbocycles. The number of nitrogens with two attached hydrogens (primary N) is 1. The standard InChI is InChI=1S/C10H13F3N2.C2H6/c1-6-7(10(11,12)13)5-9-8(14)3-2-4-15(6)9;1-2/h5,8H,2-4,14H2,1H3;1-2H3. The molecule has 1 aromatic heterocycles. The summed E-state index contributed by atoms with van der Waals surface area (Å²) in [6.45, 7) is 6.15. The van der Waals surface area contributed by atoms with Crippen molar-refractivity contribution in [3.05, 3.63) is 23.0 Å². The molecule has 0 spiro atoms. The molecule has 5 heteroatoms. The highest BCUT2D eigenvalue weighted by molar-refractivity contribution is 5.32. The van der Waals surface area contributed by atoms with Crippen molar-refractivity contribution in [3.63, 3.8) is 0 Å². The fourth-order valence-electron chi connectivity index (χ4n) is 2.18. The molecule has 2 N–H and O–H groups in total. The fourth-order valence-corrected chi connectivity index (χ4v) is 2.18. The van der Waals surface area contributed by atoms with Gasteiger partial charge in [-0.2, -0.15) is 13.2 Å². The molecule has 1 aliphatic heterocycles. The van der Waals surface area contributed by atoms with Crippen LogP contribution in [0.1, 0.15) is 49.7 Å². The summed E-state index contributed by atoms with van der Waals surface area (Å²) in [5.74, 6) is 0. The Hall–Kier alpha value is -0.970. The summed E-state index contributed by atoms with van der Waals surface area (Å²) in [4.78, 5) is 0. The monoisotopic (exact) mass is 248 g/mol. The third-order valence-electron chi connectivity index (χ3n) is 2.98. The zero-order chi connectivity index (χ0) is 13.2. The van der Waals surface area contributed by atoms with Crippen LogP contribution in [0.15, 0.2) is 6.07 Å². The highest BCUT2D eigenvalue weighted by Crippen LogP contribution is 2.37. The summed E-state index contributed by atoms with van der Waals surface area (Å²) in [7, 11) is 0. The fraction of sp³-hybridized carbons (Fsp3) is 0.667. The Morgan fingerprint density at radius 3 is 2.41 bits per heavy atom. The molecule has 1 unspecified atom stereocenters. The van der Waals surface area contributed by atoms with Crippen molar-refractivity contribution in [1.82, 2.24) is 4.57 Å². The molecule has 0 radical (unpaired) electrons. The zero-order valence-corrected chi connectivity index (χ0v) is 10.4. The van der Waals surface area contributed by atoms with Crippen molar-refractivity contribution < 1.29 is 13.2 Å². The molecule has 17 heavy (non-hydrogen) atoms. The van der Waals surface area contributed by atoms with E-state index in [1.165, 1.54) is 13.0 Å². The Morgan fingerprint density at radius 1 is 1.35 bits per heavy atom. The summed E-state index contributed by atoms with van der Waals surface area (Å²) in [5, 5.41) is 0. The number of alkyl halides is 3. The minimum absolute atomic E-state index is 0.256. The van der Waals surface area contributed by atoms with Crippen LogP contribution in [0.25, 0.3) is 0 Å². The highest BCUT2D eigenvalue weighted by Gasteiger charge is 2.36. The van der Waals surface area contributed by atoms with E-state index in [1.54, 1.807) is 4.57 Å². The number of hydrogen-bond donors (Lipinski definition) is 1. The van der Waals surface area contributed by atoms with Crippen LogP contribution in [0.2, 0.25) is 0 Å². The van der Waals surface area contributed by atoms with Gasteiger partial charge in [0, 0.05) is 24.0 Å². The smallest absolute Gasteiger partial charge is 0.347 e. The first kappa shape index (κ1) is 14.1. The number of fused-ring (bicyclic) bond motifs is 1. The van der Waals surface area contributed by atoms with E-state index >= 15 is 0 Å². The van der Waals surface area contributed by atoms with Gasteiger partial charge in [0.1, 0.15) is 0 Å². The molecule has 1 aliphatic rings. The van der Waals surface area contributed by atoms with Gasteiger partial charge < -0.3 is 10.3 Å². The maximum atomic E-state index is 12.6. The van der Waals surface area contributed by atoms with Crippen LogP contribution >= 0.6 is 0 Å².